The highest BCUT2D eigenvalue weighted by Crippen LogP contribution is 2.35. The topological polar surface area (TPSA) is 389 Å². The number of rotatable bonds is 18. The molecule has 2 amide bonds. The van der Waals surface area contributed by atoms with Crippen molar-refractivity contribution < 1.29 is 93.1 Å². The molecule has 2 aromatic rings. The summed E-state index contributed by atoms with van der Waals surface area (Å²) in [6.45, 7) is -0.0653. The van der Waals surface area contributed by atoms with Crippen molar-refractivity contribution >= 4 is 18.0 Å². The molecule has 4 aliphatic rings. The van der Waals surface area contributed by atoms with Crippen LogP contribution < -0.4 is 27.8 Å². The number of alkyl carbamates (subject to hydrolysis) is 1. The Kier molecular flexibility index (Phi) is 18.8. The fourth-order valence-electron chi connectivity index (χ4n) is 8.32. The maximum Gasteiger partial charge on any atom is 0.407 e. The van der Waals surface area contributed by atoms with E-state index in [1.807, 2.05) is 0 Å². The van der Waals surface area contributed by atoms with Crippen LogP contribution in [0, 0.1) is 0 Å². The highest BCUT2D eigenvalue weighted by Gasteiger charge is 2.55. The van der Waals surface area contributed by atoms with Crippen molar-refractivity contribution in [2.24, 2.45) is 17.2 Å². The third kappa shape index (κ3) is 12.6. The number of benzene rings is 2. The minimum absolute atomic E-state index is 0.0361. The van der Waals surface area contributed by atoms with Crippen LogP contribution in [0.25, 0.3) is 0 Å². The van der Waals surface area contributed by atoms with Crippen LogP contribution in [0.15, 0.2) is 60.7 Å². The Morgan fingerprint density at radius 3 is 1.85 bits per heavy atom. The van der Waals surface area contributed by atoms with Gasteiger partial charge in [0.2, 0.25) is 0 Å². The molecule has 3 aliphatic heterocycles. The molecule has 24 heteroatoms. The average molecular weight is 954 g/mol. The molecule has 20 atom stereocenters. The molecule has 4 fully saturated rings. The van der Waals surface area contributed by atoms with Gasteiger partial charge in [-0.05, 0) is 30.5 Å². The van der Waals surface area contributed by atoms with Crippen LogP contribution in [0.2, 0.25) is 0 Å². The number of hydrogen-bond acceptors (Lipinski definition) is 22. The zero-order valence-electron chi connectivity index (χ0n) is 36.6. The SMILES string of the molecule is CC[C@@H]1O[C@H](O[C@H]2[C@@H](O)[C@H](O[C@@H]3[C@@H](O)[C@H](NC(=O)[C@H](CCNC(=O)OCc4ccccc4)OC(=O)c4ccccc4)C[C@H](N)[C@H]3O[C@H]3O[C@H](CO)[C@@H](O)[C@H](O)[C@H]3N)O[C@@H]2CO)[C@H](N)[C@@H](O)[C@@H]1O. The number of hydrogen-bond donors (Lipinski definition) is 13. The number of aliphatic hydroxyl groups excluding tert-OH is 8. The fraction of sp³-hybridized carbons (Fsp3) is 0.651. The molecule has 0 bridgehead atoms. The molecule has 1 aliphatic carbocycles. The van der Waals surface area contributed by atoms with E-state index >= 15 is 0 Å². The summed E-state index contributed by atoms with van der Waals surface area (Å²) in [5, 5.41) is 91.1. The summed E-state index contributed by atoms with van der Waals surface area (Å²) < 4.78 is 46.5. The Labute approximate surface area is 385 Å². The summed E-state index contributed by atoms with van der Waals surface area (Å²) >= 11 is 0. The smallest absolute Gasteiger partial charge is 0.407 e. The Bertz CT molecular complexity index is 1880. The predicted octanol–water partition coefficient (Wildman–Crippen LogP) is -4.71. The highest BCUT2D eigenvalue weighted by molar-refractivity contribution is 5.92. The lowest BCUT2D eigenvalue weighted by atomic mass is 9.83. The van der Waals surface area contributed by atoms with Crippen LogP contribution in [-0.2, 0) is 49.3 Å². The van der Waals surface area contributed by atoms with Gasteiger partial charge in [-0.25, -0.2) is 9.59 Å². The predicted molar refractivity (Wildman–Crippen MR) is 226 cm³/mol. The van der Waals surface area contributed by atoms with Gasteiger partial charge in [0.15, 0.2) is 25.0 Å². The van der Waals surface area contributed by atoms with Gasteiger partial charge in [0.25, 0.3) is 5.91 Å². The van der Waals surface area contributed by atoms with E-state index < -0.39 is 154 Å². The Balaban J connectivity index is 1.21. The number of ether oxygens (including phenoxy) is 8. The zero-order valence-corrected chi connectivity index (χ0v) is 36.6. The third-order valence-electron chi connectivity index (χ3n) is 12.2. The number of nitrogens with one attached hydrogen (secondary N) is 2. The van der Waals surface area contributed by atoms with Crippen LogP contribution in [0.1, 0.15) is 42.1 Å². The van der Waals surface area contributed by atoms with Crippen LogP contribution >= 0.6 is 0 Å². The molecule has 0 radical (unpaired) electrons. The van der Waals surface area contributed by atoms with Crippen molar-refractivity contribution in [1.29, 1.82) is 0 Å². The first-order valence-electron chi connectivity index (χ1n) is 22.1. The normalized spacial score (nSPS) is 38.1. The van der Waals surface area contributed by atoms with Gasteiger partial charge in [-0.3, -0.25) is 4.79 Å². The monoisotopic (exact) mass is 953 g/mol. The molecule has 3 saturated heterocycles. The second-order valence-electron chi connectivity index (χ2n) is 16.9. The fourth-order valence-corrected chi connectivity index (χ4v) is 8.32. The summed E-state index contributed by atoms with van der Waals surface area (Å²) in [5.41, 5.74) is 19.8. The van der Waals surface area contributed by atoms with Gasteiger partial charge in [0.05, 0.1) is 43.0 Å². The lowest BCUT2D eigenvalue weighted by Crippen LogP contribution is -2.69. The minimum Gasteiger partial charge on any atom is -0.449 e. The summed E-state index contributed by atoms with van der Waals surface area (Å²) in [4.78, 5) is 39.9. The van der Waals surface area contributed by atoms with Crippen molar-refractivity contribution in [2.75, 3.05) is 19.8 Å². The molecule has 374 valence electrons. The quantitative estimate of drug-likeness (QED) is 0.0624. The molecule has 2 aromatic carbocycles. The number of amides is 2. The molecular formula is C43H63N5O19. The second-order valence-corrected chi connectivity index (χ2v) is 16.9. The van der Waals surface area contributed by atoms with Crippen molar-refractivity contribution in [3.05, 3.63) is 71.8 Å². The maximum absolute atomic E-state index is 14.1. The molecule has 1 saturated carbocycles. The van der Waals surface area contributed by atoms with Gasteiger partial charge in [-0.1, -0.05) is 55.5 Å². The summed E-state index contributed by atoms with van der Waals surface area (Å²) in [6, 6.07) is 11.4. The number of aliphatic hydroxyl groups is 8. The summed E-state index contributed by atoms with van der Waals surface area (Å²) in [7, 11) is 0. The van der Waals surface area contributed by atoms with Gasteiger partial charge in [0.1, 0.15) is 73.8 Å². The molecule has 0 aromatic heterocycles. The van der Waals surface area contributed by atoms with Crippen molar-refractivity contribution in [1.82, 2.24) is 10.6 Å². The van der Waals surface area contributed by atoms with E-state index in [1.54, 1.807) is 55.5 Å². The van der Waals surface area contributed by atoms with Crippen molar-refractivity contribution in [2.45, 2.75) is 155 Å². The third-order valence-corrected chi connectivity index (χ3v) is 12.2. The van der Waals surface area contributed by atoms with E-state index in [2.05, 4.69) is 10.6 Å². The number of nitrogens with two attached hydrogens (primary N) is 3. The largest absolute Gasteiger partial charge is 0.449 e. The van der Waals surface area contributed by atoms with E-state index in [-0.39, 0.29) is 38.0 Å². The van der Waals surface area contributed by atoms with Gasteiger partial charge < -0.3 is 107 Å². The molecule has 3 heterocycles. The molecule has 67 heavy (non-hydrogen) atoms. The first kappa shape index (κ1) is 52.3. The van der Waals surface area contributed by atoms with E-state index in [1.165, 1.54) is 12.1 Å². The van der Waals surface area contributed by atoms with Gasteiger partial charge in [-0.15, -0.1) is 0 Å². The maximum atomic E-state index is 14.1. The number of carbonyl (C=O) groups excluding carboxylic acids is 3. The number of esters is 1. The van der Waals surface area contributed by atoms with Crippen LogP contribution in [0.5, 0.6) is 0 Å². The second kappa shape index (κ2) is 24.0. The number of carbonyl (C=O) groups is 3. The lowest BCUT2D eigenvalue weighted by molar-refractivity contribution is -0.311. The van der Waals surface area contributed by atoms with E-state index in [9.17, 15) is 55.2 Å². The Morgan fingerprint density at radius 1 is 0.687 bits per heavy atom. The molecule has 0 unspecified atom stereocenters. The standard InChI is InChI=1S/C43H63N5O19/c1-2-23-30(52)32(54)27(45)40(62-23)66-36-26(17-50)64-42(34(36)56)67-37-29(51)22(15-21(44)35(37)65-41-28(46)33(55)31(53)25(16-49)63-41)48-38(57)24(61-39(58)20-11-7-4-8-12-20)13-14-47-43(59)60-18-19-9-5-3-6-10-19/h3-12,21-37,40-42,49-56H,2,13-18,44-46H2,1H3,(H,47,59)(H,48,57)/t21-,22+,23-,24-,25+,26+,27+,28+,29-,30+,31+,32+,33+,34+,35+,36+,37+,40+,41+,42-/m0/s1. The Hall–Kier alpha value is -4.03. The Morgan fingerprint density at radius 2 is 1.24 bits per heavy atom. The lowest BCUT2D eigenvalue weighted by Gasteiger charge is -2.48. The summed E-state index contributed by atoms with van der Waals surface area (Å²) in [5.74, 6) is -1.80. The molecule has 6 rings (SSSR count). The molecule has 24 nitrogen and oxygen atoms in total. The van der Waals surface area contributed by atoms with Crippen LogP contribution in [0.4, 0.5) is 4.79 Å². The van der Waals surface area contributed by atoms with Gasteiger partial charge >= 0.3 is 12.1 Å². The minimum atomic E-state index is -1.81. The first-order chi connectivity index (χ1) is 32.1. The van der Waals surface area contributed by atoms with E-state index in [4.69, 9.17) is 55.1 Å². The van der Waals surface area contributed by atoms with Crippen LogP contribution in [0.3, 0.4) is 0 Å². The summed E-state index contributed by atoms with van der Waals surface area (Å²) in [6.07, 6.45) is -25.3. The molecular weight excluding hydrogens is 890 g/mol. The zero-order chi connectivity index (χ0) is 48.5. The average Bonchev–Trinajstić information content (AvgIpc) is 3.63. The molecule has 0 spiro atoms. The van der Waals surface area contributed by atoms with Gasteiger partial charge in [0, 0.05) is 19.0 Å². The van der Waals surface area contributed by atoms with Gasteiger partial charge in [-0.2, -0.15) is 0 Å². The van der Waals surface area contributed by atoms with E-state index in [0.29, 0.717) is 0 Å². The molecule has 16 N–H and O–H groups in total. The van der Waals surface area contributed by atoms with Crippen molar-refractivity contribution in [3.8, 4) is 0 Å². The van der Waals surface area contributed by atoms with Crippen LogP contribution in [-0.4, -0.2) is 201 Å². The van der Waals surface area contributed by atoms with Crippen molar-refractivity contribution in [3.63, 3.8) is 0 Å². The van der Waals surface area contributed by atoms with E-state index in [0.717, 1.165) is 5.56 Å². The first-order valence-corrected chi connectivity index (χ1v) is 22.1. The highest BCUT2D eigenvalue weighted by atomic mass is 16.8.